The molecule has 0 radical (unpaired) electrons. The van der Waals surface area contributed by atoms with E-state index in [2.05, 4.69) is 20.0 Å². The second-order valence-corrected chi connectivity index (χ2v) is 4.05. The molecule has 0 saturated heterocycles. The second kappa shape index (κ2) is 7.23. The van der Waals surface area contributed by atoms with Gasteiger partial charge in [0, 0.05) is 6.54 Å². The number of aliphatic hydroxyl groups excluding tert-OH is 1. The molecule has 0 bridgehead atoms. The van der Waals surface area contributed by atoms with Crippen molar-refractivity contribution in [2.24, 2.45) is 0 Å². The van der Waals surface area contributed by atoms with E-state index in [1.54, 1.807) is 24.3 Å². The van der Waals surface area contributed by atoms with Gasteiger partial charge in [-0.15, -0.1) is 0 Å². The molecule has 0 aliphatic rings. The summed E-state index contributed by atoms with van der Waals surface area (Å²) in [5, 5.41) is 25.3. The van der Waals surface area contributed by atoms with Crippen molar-refractivity contribution >= 4 is 0 Å². The van der Waals surface area contributed by atoms with Gasteiger partial charge in [0.25, 0.3) is 0 Å². The molecular weight excluding hydrogens is 260 g/mol. The maximum atomic E-state index is 9.77. The van der Waals surface area contributed by atoms with Gasteiger partial charge in [-0.1, -0.05) is 17.3 Å². The van der Waals surface area contributed by atoms with Gasteiger partial charge in [-0.05, 0) is 12.1 Å². The Morgan fingerprint density at radius 1 is 1.45 bits per heavy atom. The summed E-state index contributed by atoms with van der Waals surface area (Å²) in [7, 11) is 0. The minimum atomic E-state index is -0.700. The molecule has 7 nitrogen and oxygen atoms in total. The molecule has 2 rings (SSSR count). The number of ether oxygens (including phenoxy) is 1. The SMILES string of the molecule is N#Cc1ccccc1OCC(O)CNCc1ncon1. The van der Waals surface area contributed by atoms with Crippen LogP contribution in [0, 0.1) is 11.3 Å². The van der Waals surface area contributed by atoms with Crippen LogP contribution in [-0.4, -0.2) is 34.5 Å². The molecule has 1 atom stereocenters. The lowest BCUT2D eigenvalue weighted by molar-refractivity contribution is 0.106. The van der Waals surface area contributed by atoms with Gasteiger partial charge < -0.3 is 19.7 Å². The first-order valence-electron chi connectivity index (χ1n) is 6.05. The molecule has 104 valence electrons. The molecular formula is C13H14N4O3. The number of benzene rings is 1. The summed E-state index contributed by atoms with van der Waals surface area (Å²) in [6, 6.07) is 8.92. The van der Waals surface area contributed by atoms with Crippen LogP contribution < -0.4 is 10.1 Å². The molecule has 2 aromatic rings. The van der Waals surface area contributed by atoms with Crippen molar-refractivity contribution in [3.63, 3.8) is 0 Å². The first-order valence-corrected chi connectivity index (χ1v) is 6.05. The molecule has 1 aromatic heterocycles. The van der Waals surface area contributed by atoms with Crippen molar-refractivity contribution in [3.8, 4) is 11.8 Å². The van der Waals surface area contributed by atoms with Crippen molar-refractivity contribution in [3.05, 3.63) is 42.0 Å². The maximum absolute atomic E-state index is 9.77. The number of aliphatic hydroxyl groups is 1. The van der Waals surface area contributed by atoms with Gasteiger partial charge in [0.2, 0.25) is 6.39 Å². The predicted octanol–water partition coefficient (Wildman–Crippen LogP) is 0.471. The second-order valence-electron chi connectivity index (χ2n) is 4.05. The number of hydrogen-bond donors (Lipinski definition) is 2. The number of nitrogens with one attached hydrogen (secondary N) is 1. The molecule has 0 saturated carbocycles. The van der Waals surface area contributed by atoms with Crippen LogP contribution in [0.15, 0.2) is 35.2 Å². The molecule has 1 aromatic carbocycles. The van der Waals surface area contributed by atoms with Gasteiger partial charge in [0.15, 0.2) is 5.82 Å². The Bertz CT molecular complexity index is 565. The smallest absolute Gasteiger partial charge is 0.213 e. The third kappa shape index (κ3) is 4.05. The zero-order valence-corrected chi connectivity index (χ0v) is 10.7. The van der Waals surface area contributed by atoms with Gasteiger partial charge in [-0.3, -0.25) is 0 Å². The van der Waals surface area contributed by atoms with Crippen LogP contribution in [0.2, 0.25) is 0 Å². The minimum Gasteiger partial charge on any atom is -0.489 e. The van der Waals surface area contributed by atoms with Crippen LogP contribution >= 0.6 is 0 Å². The summed E-state index contributed by atoms with van der Waals surface area (Å²) >= 11 is 0. The van der Waals surface area contributed by atoms with Crippen molar-refractivity contribution < 1.29 is 14.4 Å². The lowest BCUT2D eigenvalue weighted by atomic mass is 10.2. The van der Waals surface area contributed by atoms with Crippen molar-refractivity contribution in [1.29, 1.82) is 5.26 Å². The lowest BCUT2D eigenvalue weighted by Crippen LogP contribution is -2.31. The van der Waals surface area contributed by atoms with E-state index in [0.29, 0.717) is 30.2 Å². The van der Waals surface area contributed by atoms with Crippen LogP contribution in [0.4, 0.5) is 0 Å². The predicted molar refractivity (Wildman–Crippen MR) is 68.7 cm³/mol. The van der Waals surface area contributed by atoms with E-state index in [0.717, 1.165) is 0 Å². The molecule has 0 fully saturated rings. The number of rotatable bonds is 7. The highest BCUT2D eigenvalue weighted by Crippen LogP contribution is 2.16. The van der Waals surface area contributed by atoms with Crippen LogP contribution in [0.5, 0.6) is 5.75 Å². The van der Waals surface area contributed by atoms with Gasteiger partial charge in [-0.25, -0.2) is 0 Å². The van der Waals surface area contributed by atoms with Gasteiger partial charge in [0.1, 0.15) is 24.5 Å². The summed E-state index contributed by atoms with van der Waals surface area (Å²) in [5.41, 5.74) is 0.444. The molecule has 0 amide bonds. The highest BCUT2D eigenvalue weighted by Gasteiger charge is 2.08. The first-order chi connectivity index (χ1) is 9.79. The van der Waals surface area contributed by atoms with Gasteiger partial charge in [0.05, 0.1) is 12.1 Å². The van der Waals surface area contributed by atoms with Gasteiger partial charge in [-0.2, -0.15) is 10.2 Å². The number of para-hydroxylation sites is 1. The van der Waals surface area contributed by atoms with E-state index in [1.807, 2.05) is 6.07 Å². The van der Waals surface area contributed by atoms with E-state index >= 15 is 0 Å². The zero-order valence-electron chi connectivity index (χ0n) is 10.7. The number of nitriles is 1. The lowest BCUT2D eigenvalue weighted by Gasteiger charge is -2.13. The Balaban J connectivity index is 1.72. The van der Waals surface area contributed by atoms with Crippen LogP contribution in [0.1, 0.15) is 11.4 Å². The molecule has 7 heteroatoms. The monoisotopic (exact) mass is 274 g/mol. The van der Waals surface area contributed by atoms with Crippen molar-refractivity contribution in [2.45, 2.75) is 12.6 Å². The number of hydrogen-bond acceptors (Lipinski definition) is 7. The van der Waals surface area contributed by atoms with E-state index in [1.165, 1.54) is 6.39 Å². The fraction of sp³-hybridized carbons (Fsp3) is 0.308. The highest BCUT2D eigenvalue weighted by atomic mass is 16.5. The summed E-state index contributed by atoms with van der Waals surface area (Å²) in [4.78, 5) is 3.84. The Morgan fingerprint density at radius 3 is 3.05 bits per heavy atom. The summed E-state index contributed by atoms with van der Waals surface area (Å²) in [6.45, 7) is 0.823. The van der Waals surface area contributed by atoms with Crippen LogP contribution in [0.3, 0.4) is 0 Å². The highest BCUT2D eigenvalue weighted by molar-refractivity contribution is 5.42. The van der Waals surface area contributed by atoms with Crippen molar-refractivity contribution in [1.82, 2.24) is 15.5 Å². The average Bonchev–Trinajstić information content (AvgIpc) is 2.98. The average molecular weight is 274 g/mol. The minimum absolute atomic E-state index is 0.0952. The molecule has 0 spiro atoms. The quantitative estimate of drug-likeness (QED) is 0.756. The molecule has 2 N–H and O–H groups in total. The summed E-state index contributed by atoms with van der Waals surface area (Å²) in [5.74, 6) is 0.986. The normalized spacial score (nSPS) is 11.8. The largest absolute Gasteiger partial charge is 0.489 e. The summed E-state index contributed by atoms with van der Waals surface area (Å²) < 4.78 is 10.00. The van der Waals surface area contributed by atoms with E-state index < -0.39 is 6.10 Å². The van der Waals surface area contributed by atoms with Crippen LogP contribution in [-0.2, 0) is 6.54 Å². The van der Waals surface area contributed by atoms with E-state index in [9.17, 15) is 5.11 Å². The molecule has 20 heavy (non-hydrogen) atoms. The zero-order chi connectivity index (χ0) is 14.2. The van der Waals surface area contributed by atoms with Crippen molar-refractivity contribution in [2.75, 3.05) is 13.2 Å². The number of nitrogens with zero attached hydrogens (tertiary/aromatic N) is 3. The first kappa shape index (κ1) is 14.0. The fourth-order valence-electron chi connectivity index (χ4n) is 1.55. The van der Waals surface area contributed by atoms with E-state index in [-0.39, 0.29) is 6.61 Å². The van der Waals surface area contributed by atoms with Gasteiger partial charge >= 0.3 is 0 Å². The summed E-state index contributed by atoms with van der Waals surface area (Å²) in [6.07, 6.45) is 0.545. The standard InChI is InChI=1S/C13H14N4O3/c14-5-10-3-1-2-4-12(10)19-8-11(18)6-15-7-13-16-9-20-17-13/h1-4,9,11,15,18H,6-8H2. The Hall–Kier alpha value is -2.43. The Morgan fingerprint density at radius 2 is 2.30 bits per heavy atom. The maximum Gasteiger partial charge on any atom is 0.213 e. The Kier molecular flexibility index (Phi) is 5.06. The molecule has 1 unspecified atom stereocenters. The van der Waals surface area contributed by atoms with Crippen LogP contribution in [0.25, 0.3) is 0 Å². The third-order valence-corrected chi connectivity index (χ3v) is 2.51. The fourth-order valence-corrected chi connectivity index (χ4v) is 1.55. The van der Waals surface area contributed by atoms with E-state index in [4.69, 9.17) is 10.00 Å². The topological polar surface area (TPSA) is 104 Å². The number of aromatic nitrogens is 2. The third-order valence-electron chi connectivity index (χ3n) is 2.51. The Labute approximate surface area is 115 Å². The molecule has 1 heterocycles. The molecule has 0 aliphatic carbocycles. The molecule has 0 aliphatic heterocycles.